The number of hydrogen-bond donors (Lipinski definition) is 0. The Morgan fingerprint density at radius 3 is 2.38 bits per heavy atom. The van der Waals surface area contributed by atoms with Crippen LogP contribution in [-0.2, 0) is 11.2 Å². The molecule has 0 aliphatic carbocycles. The average molecular weight is 306 g/mol. The molecule has 0 radical (unpaired) electrons. The Morgan fingerprint density at radius 1 is 1.24 bits per heavy atom. The monoisotopic (exact) mass is 305 g/mol. The topological polar surface area (TPSA) is 39.9 Å². The SMILES string of the molecule is CO/C(=C(\Cc1ccc(Cl)cc1)n1cncn1)C(C)(C)C. The zero-order chi connectivity index (χ0) is 15.5. The summed E-state index contributed by atoms with van der Waals surface area (Å²) in [7, 11) is 1.69. The summed E-state index contributed by atoms with van der Waals surface area (Å²) in [6, 6.07) is 7.79. The van der Waals surface area contributed by atoms with Gasteiger partial charge in [0.15, 0.2) is 0 Å². The van der Waals surface area contributed by atoms with E-state index in [1.165, 1.54) is 6.33 Å². The van der Waals surface area contributed by atoms with Gasteiger partial charge in [0.2, 0.25) is 0 Å². The molecule has 2 aromatic rings. The molecule has 0 saturated carbocycles. The summed E-state index contributed by atoms with van der Waals surface area (Å²) in [6.45, 7) is 6.35. The van der Waals surface area contributed by atoms with Crippen molar-refractivity contribution in [2.75, 3.05) is 7.11 Å². The van der Waals surface area contributed by atoms with Gasteiger partial charge in [-0.3, -0.25) is 0 Å². The Labute approximate surface area is 130 Å². The third-order valence-electron chi connectivity index (χ3n) is 3.13. The molecule has 21 heavy (non-hydrogen) atoms. The Morgan fingerprint density at radius 2 is 1.90 bits per heavy atom. The number of halogens is 1. The van der Waals surface area contributed by atoms with Crippen LogP contribution in [0.25, 0.3) is 5.70 Å². The first kappa shape index (κ1) is 15.6. The van der Waals surface area contributed by atoms with E-state index >= 15 is 0 Å². The summed E-state index contributed by atoms with van der Waals surface area (Å²) in [5.74, 6) is 0.892. The van der Waals surface area contributed by atoms with Gasteiger partial charge in [0, 0.05) is 16.9 Å². The van der Waals surface area contributed by atoms with Gasteiger partial charge in [0.25, 0.3) is 0 Å². The summed E-state index contributed by atoms with van der Waals surface area (Å²) < 4.78 is 7.42. The van der Waals surface area contributed by atoms with E-state index in [1.807, 2.05) is 24.3 Å². The molecule has 0 spiro atoms. The van der Waals surface area contributed by atoms with E-state index in [1.54, 1.807) is 18.1 Å². The van der Waals surface area contributed by atoms with Gasteiger partial charge in [-0.25, -0.2) is 9.67 Å². The average Bonchev–Trinajstić information content (AvgIpc) is 2.93. The highest BCUT2D eigenvalue weighted by atomic mass is 35.5. The second-order valence-electron chi connectivity index (χ2n) is 5.87. The van der Waals surface area contributed by atoms with Crippen LogP contribution in [-0.4, -0.2) is 21.9 Å². The van der Waals surface area contributed by atoms with E-state index in [-0.39, 0.29) is 5.41 Å². The van der Waals surface area contributed by atoms with Gasteiger partial charge in [0.1, 0.15) is 18.4 Å². The second-order valence-corrected chi connectivity index (χ2v) is 6.31. The summed E-state index contributed by atoms with van der Waals surface area (Å²) in [4.78, 5) is 4.04. The fourth-order valence-corrected chi connectivity index (χ4v) is 2.39. The summed E-state index contributed by atoms with van der Waals surface area (Å²) >= 11 is 5.95. The Bertz CT molecular complexity index is 610. The largest absolute Gasteiger partial charge is 0.499 e. The molecule has 112 valence electrons. The van der Waals surface area contributed by atoms with E-state index in [0.29, 0.717) is 6.42 Å². The molecule has 4 nitrogen and oxygen atoms in total. The van der Waals surface area contributed by atoms with Gasteiger partial charge >= 0.3 is 0 Å². The second kappa shape index (κ2) is 6.31. The fraction of sp³-hybridized carbons (Fsp3) is 0.375. The van der Waals surface area contributed by atoms with Crippen LogP contribution in [0.1, 0.15) is 26.3 Å². The van der Waals surface area contributed by atoms with Crippen LogP contribution in [0.4, 0.5) is 0 Å². The molecule has 2 rings (SSSR count). The Hall–Kier alpha value is -1.81. The molecule has 0 fully saturated rings. The predicted molar refractivity (Wildman–Crippen MR) is 84.9 cm³/mol. The number of aromatic nitrogens is 3. The number of rotatable bonds is 4. The molecule has 0 saturated heterocycles. The van der Waals surface area contributed by atoms with Crippen LogP contribution in [0.15, 0.2) is 42.7 Å². The molecule has 0 N–H and O–H groups in total. The maximum atomic E-state index is 5.95. The van der Waals surface area contributed by atoms with Crippen molar-refractivity contribution in [3.8, 4) is 0 Å². The fourth-order valence-electron chi connectivity index (χ4n) is 2.27. The predicted octanol–water partition coefficient (Wildman–Crippen LogP) is 4.04. The number of hydrogen-bond acceptors (Lipinski definition) is 3. The molecule has 0 aliphatic heterocycles. The number of ether oxygens (including phenoxy) is 1. The third-order valence-corrected chi connectivity index (χ3v) is 3.38. The molecule has 1 aromatic carbocycles. The van der Waals surface area contributed by atoms with Crippen LogP contribution in [0.5, 0.6) is 0 Å². The van der Waals surface area contributed by atoms with Crippen LogP contribution in [0.2, 0.25) is 5.02 Å². The minimum absolute atomic E-state index is 0.123. The summed E-state index contributed by atoms with van der Waals surface area (Å²) in [5, 5.41) is 4.98. The van der Waals surface area contributed by atoms with E-state index in [9.17, 15) is 0 Å². The lowest BCUT2D eigenvalue weighted by molar-refractivity contribution is 0.206. The van der Waals surface area contributed by atoms with Crippen molar-refractivity contribution in [3.63, 3.8) is 0 Å². The molecule has 0 bridgehead atoms. The highest BCUT2D eigenvalue weighted by Crippen LogP contribution is 2.31. The van der Waals surface area contributed by atoms with Gasteiger partial charge in [-0.05, 0) is 17.7 Å². The van der Waals surface area contributed by atoms with Crippen LogP contribution in [0.3, 0.4) is 0 Å². The minimum Gasteiger partial charge on any atom is -0.499 e. The van der Waals surface area contributed by atoms with Crippen molar-refractivity contribution in [1.82, 2.24) is 14.8 Å². The molecule has 1 aromatic heterocycles. The van der Waals surface area contributed by atoms with Crippen molar-refractivity contribution in [3.05, 3.63) is 53.3 Å². The van der Waals surface area contributed by atoms with Gasteiger partial charge < -0.3 is 4.74 Å². The summed E-state index contributed by atoms with van der Waals surface area (Å²) in [5.41, 5.74) is 2.00. The lowest BCUT2D eigenvalue weighted by Crippen LogP contribution is -2.17. The van der Waals surface area contributed by atoms with E-state index in [4.69, 9.17) is 16.3 Å². The van der Waals surface area contributed by atoms with Crippen molar-refractivity contribution in [1.29, 1.82) is 0 Å². The van der Waals surface area contributed by atoms with Crippen molar-refractivity contribution in [2.24, 2.45) is 5.41 Å². The van der Waals surface area contributed by atoms with Gasteiger partial charge in [-0.2, -0.15) is 5.10 Å². The minimum atomic E-state index is -0.123. The molecular formula is C16H20ClN3O. The highest BCUT2D eigenvalue weighted by Gasteiger charge is 2.24. The first-order valence-electron chi connectivity index (χ1n) is 6.79. The van der Waals surface area contributed by atoms with E-state index in [2.05, 4.69) is 30.9 Å². The van der Waals surface area contributed by atoms with E-state index < -0.39 is 0 Å². The molecule has 0 aliphatic rings. The molecule has 0 unspecified atom stereocenters. The first-order chi connectivity index (χ1) is 9.91. The van der Waals surface area contributed by atoms with Crippen LogP contribution < -0.4 is 0 Å². The quantitative estimate of drug-likeness (QED) is 0.801. The molecular weight excluding hydrogens is 286 g/mol. The molecule has 0 amide bonds. The maximum absolute atomic E-state index is 5.95. The zero-order valence-electron chi connectivity index (χ0n) is 12.8. The Kier molecular flexibility index (Phi) is 4.68. The number of methoxy groups -OCH3 is 1. The normalized spacial score (nSPS) is 13.0. The number of benzene rings is 1. The lowest BCUT2D eigenvalue weighted by Gasteiger charge is -2.25. The standard InChI is InChI=1S/C16H20ClN3O/c1-16(2,3)15(21-4)14(20-11-18-10-19-20)9-12-5-7-13(17)8-6-12/h5-8,10-11H,9H2,1-4H3/b15-14+. The van der Waals surface area contributed by atoms with E-state index in [0.717, 1.165) is 22.0 Å². The number of allylic oxidation sites excluding steroid dienone is 2. The smallest absolute Gasteiger partial charge is 0.138 e. The van der Waals surface area contributed by atoms with Gasteiger partial charge in [0.05, 0.1) is 12.8 Å². The molecule has 1 heterocycles. The Balaban J connectivity index is 2.47. The maximum Gasteiger partial charge on any atom is 0.138 e. The first-order valence-corrected chi connectivity index (χ1v) is 7.16. The zero-order valence-corrected chi connectivity index (χ0v) is 13.6. The van der Waals surface area contributed by atoms with Crippen molar-refractivity contribution >= 4 is 17.3 Å². The van der Waals surface area contributed by atoms with Crippen LogP contribution >= 0.6 is 11.6 Å². The molecule has 0 atom stereocenters. The van der Waals surface area contributed by atoms with Crippen LogP contribution in [0, 0.1) is 5.41 Å². The van der Waals surface area contributed by atoms with Gasteiger partial charge in [-0.15, -0.1) is 0 Å². The lowest BCUT2D eigenvalue weighted by atomic mass is 9.91. The number of nitrogens with zero attached hydrogens (tertiary/aromatic N) is 3. The highest BCUT2D eigenvalue weighted by molar-refractivity contribution is 6.30. The third kappa shape index (κ3) is 3.85. The van der Waals surface area contributed by atoms with Crippen molar-refractivity contribution < 1.29 is 4.74 Å². The molecule has 5 heteroatoms. The summed E-state index contributed by atoms with van der Waals surface area (Å²) in [6.07, 6.45) is 3.91. The van der Waals surface area contributed by atoms with Crippen molar-refractivity contribution in [2.45, 2.75) is 27.2 Å². The van der Waals surface area contributed by atoms with Gasteiger partial charge in [-0.1, -0.05) is 44.5 Å².